The average molecular weight is 243 g/mol. The molecule has 1 aliphatic rings. The van der Waals surface area contributed by atoms with E-state index in [-0.39, 0.29) is 0 Å². The van der Waals surface area contributed by atoms with Crippen molar-refractivity contribution in [2.45, 2.75) is 18.9 Å². The van der Waals surface area contributed by atoms with Crippen molar-refractivity contribution < 1.29 is 0 Å². The average Bonchev–Trinajstić information content (AvgIpc) is 3.10. The highest BCUT2D eigenvalue weighted by molar-refractivity contribution is 5.60. The van der Waals surface area contributed by atoms with E-state index in [2.05, 4.69) is 27.0 Å². The molecule has 1 aliphatic heterocycles. The molecule has 1 saturated heterocycles. The van der Waals surface area contributed by atoms with Crippen molar-refractivity contribution in [2.75, 3.05) is 18.4 Å². The van der Waals surface area contributed by atoms with Crippen LogP contribution in [0.25, 0.3) is 5.69 Å². The summed E-state index contributed by atoms with van der Waals surface area (Å²) >= 11 is 0. The summed E-state index contributed by atoms with van der Waals surface area (Å²) in [6.07, 6.45) is 6.07. The molecule has 2 aromatic rings. The van der Waals surface area contributed by atoms with Crippen molar-refractivity contribution >= 4 is 5.69 Å². The number of anilines is 1. The highest BCUT2D eigenvalue weighted by atomic mass is 15.4. The van der Waals surface area contributed by atoms with Crippen LogP contribution in [0.4, 0.5) is 5.69 Å². The molecular weight excluding hydrogens is 226 g/mol. The lowest BCUT2D eigenvalue weighted by molar-refractivity contribution is 0.633. The van der Waals surface area contributed by atoms with E-state index in [1.807, 2.05) is 24.4 Å². The topological polar surface area (TPSA) is 54.8 Å². The number of nitrogens with one attached hydrogen (secondary N) is 2. The first-order valence-corrected chi connectivity index (χ1v) is 6.36. The van der Waals surface area contributed by atoms with Gasteiger partial charge in [-0.1, -0.05) is 17.3 Å². The summed E-state index contributed by atoms with van der Waals surface area (Å²) in [6.45, 7) is 2.09. The first-order valence-electron chi connectivity index (χ1n) is 6.36. The Morgan fingerprint density at radius 3 is 3.11 bits per heavy atom. The van der Waals surface area contributed by atoms with Crippen LogP contribution >= 0.6 is 0 Å². The molecule has 1 unspecified atom stereocenters. The molecule has 2 heterocycles. The Bertz CT molecular complexity index is 488. The summed E-state index contributed by atoms with van der Waals surface area (Å²) in [4.78, 5) is 0. The smallest absolute Gasteiger partial charge is 0.0894 e. The Hall–Kier alpha value is -1.88. The van der Waals surface area contributed by atoms with Crippen LogP contribution < -0.4 is 10.6 Å². The third kappa shape index (κ3) is 2.36. The lowest BCUT2D eigenvalue weighted by Crippen LogP contribution is -2.29. The first-order chi connectivity index (χ1) is 8.93. The SMILES string of the molecule is c1ccc(-n2ccnn2)c(NCC2CCCN2)c1. The van der Waals surface area contributed by atoms with E-state index in [9.17, 15) is 0 Å². The predicted molar refractivity (Wildman–Crippen MR) is 70.9 cm³/mol. The maximum absolute atomic E-state index is 4.04. The summed E-state index contributed by atoms with van der Waals surface area (Å²) < 4.78 is 1.78. The minimum atomic E-state index is 0.578. The molecule has 0 radical (unpaired) electrons. The standard InChI is InChI=1S/C13H17N5/c1-2-6-13(18-9-8-16-17-18)12(5-1)15-10-11-4-3-7-14-11/h1-2,5-6,8-9,11,14-15H,3-4,7,10H2. The Labute approximate surface area is 106 Å². The fraction of sp³-hybridized carbons (Fsp3) is 0.385. The number of aromatic nitrogens is 3. The van der Waals surface area contributed by atoms with E-state index in [0.29, 0.717) is 6.04 Å². The maximum atomic E-state index is 4.04. The summed E-state index contributed by atoms with van der Waals surface area (Å²) in [5.74, 6) is 0. The summed E-state index contributed by atoms with van der Waals surface area (Å²) in [5, 5.41) is 14.9. The molecule has 5 nitrogen and oxygen atoms in total. The first kappa shape index (κ1) is 11.2. The molecule has 1 atom stereocenters. The quantitative estimate of drug-likeness (QED) is 0.853. The monoisotopic (exact) mass is 243 g/mol. The summed E-state index contributed by atoms with van der Waals surface area (Å²) in [7, 11) is 0. The van der Waals surface area contributed by atoms with Crippen molar-refractivity contribution in [2.24, 2.45) is 0 Å². The van der Waals surface area contributed by atoms with Crippen LogP contribution in [0, 0.1) is 0 Å². The number of hydrogen-bond donors (Lipinski definition) is 2. The molecule has 94 valence electrons. The van der Waals surface area contributed by atoms with Gasteiger partial charge in [0, 0.05) is 12.6 Å². The third-order valence-electron chi connectivity index (χ3n) is 3.27. The van der Waals surface area contributed by atoms with E-state index < -0.39 is 0 Å². The fourth-order valence-corrected chi connectivity index (χ4v) is 2.32. The van der Waals surface area contributed by atoms with Gasteiger partial charge in [-0.2, -0.15) is 0 Å². The zero-order valence-corrected chi connectivity index (χ0v) is 10.2. The molecule has 0 amide bonds. The van der Waals surface area contributed by atoms with Crippen LogP contribution in [0.1, 0.15) is 12.8 Å². The van der Waals surface area contributed by atoms with Crippen LogP contribution in [-0.2, 0) is 0 Å². The predicted octanol–water partition coefficient (Wildman–Crippen LogP) is 1.43. The van der Waals surface area contributed by atoms with Crippen molar-refractivity contribution in [3.63, 3.8) is 0 Å². The van der Waals surface area contributed by atoms with Crippen molar-refractivity contribution in [1.82, 2.24) is 20.3 Å². The second-order valence-electron chi connectivity index (χ2n) is 4.54. The second-order valence-corrected chi connectivity index (χ2v) is 4.54. The zero-order valence-electron chi connectivity index (χ0n) is 10.2. The number of nitrogens with zero attached hydrogens (tertiary/aromatic N) is 3. The van der Waals surface area contributed by atoms with Gasteiger partial charge in [0.25, 0.3) is 0 Å². The Morgan fingerprint density at radius 1 is 1.39 bits per heavy atom. The second kappa shape index (κ2) is 5.18. The largest absolute Gasteiger partial charge is 0.382 e. The van der Waals surface area contributed by atoms with Gasteiger partial charge in [-0.25, -0.2) is 4.68 Å². The lowest BCUT2D eigenvalue weighted by Gasteiger charge is -2.15. The molecule has 0 bridgehead atoms. The maximum Gasteiger partial charge on any atom is 0.0894 e. The number of para-hydroxylation sites is 2. The fourth-order valence-electron chi connectivity index (χ4n) is 2.32. The van der Waals surface area contributed by atoms with Gasteiger partial charge in [-0.3, -0.25) is 0 Å². The number of hydrogen-bond acceptors (Lipinski definition) is 4. The van der Waals surface area contributed by atoms with Gasteiger partial charge in [0.2, 0.25) is 0 Å². The lowest BCUT2D eigenvalue weighted by atomic mass is 10.2. The highest BCUT2D eigenvalue weighted by Gasteiger charge is 2.14. The van der Waals surface area contributed by atoms with E-state index in [1.54, 1.807) is 10.9 Å². The Morgan fingerprint density at radius 2 is 2.33 bits per heavy atom. The van der Waals surface area contributed by atoms with Gasteiger partial charge in [0.1, 0.15) is 0 Å². The number of rotatable bonds is 4. The van der Waals surface area contributed by atoms with Crippen molar-refractivity contribution in [3.8, 4) is 5.69 Å². The van der Waals surface area contributed by atoms with Gasteiger partial charge in [0.15, 0.2) is 0 Å². The molecule has 2 N–H and O–H groups in total. The van der Waals surface area contributed by atoms with Gasteiger partial charge in [0.05, 0.1) is 23.8 Å². The van der Waals surface area contributed by atoms with E-state index in [0.717, 1.165) is 24.5 Å². The summed E-state index contributed by atoms with van der Waals surface area (Å²) in [5.41, 5.74) is 2.13. The van der Waals surface area contributed by atoms with Gasteiger partial charge < -0.3 is 10.6 Å². The van der Waals surface area contributed by atoms with Gasteiger partial charge >= 0.3 is 0 Å². The molecule has 1 aromatic carbocycles. The molecule has 18 heavy (non-hydrogen) atoms. The van der Waals surface area contributed by atoms with Crippen LogP contribution in [0.5, 0.6) is 0 Å². The molecule has 1 fully saturated rings. The minimum absolute atomic E-state index is 0.578. The van der Waals surface area contributed by atoms with Crippen LogP contribution in [-0.4, -0.2) is 34.1 Å². The van der Waals surface area contributed by atoms with E-state index in [4.69, 9.17) is 0 Å². The molecule has 5 heteroatoms. The molecular formula is C13H17N5. The van der Waals surface area contributed by atoms with Crippen LogP contribution in [0.2, 0.25) is 0 Å². The van der Waals surface area contributed by atoms with Gasteiger partial charge in [-0.15, -0.1) is 5.10 Å². The van der Waals surface area contributed by atoms with Crippen LogP contribution in [0.15, 0.2) is 36.7 Å². The van der Waals surface area contributed by atoms with E-state index in [1.165, 1.54) is 12.8 Å². The molecule has 3 rings (SSSR count). The van der Waals surface area contributed by atoms with Crippen LogP contribution in [0.3, 0.4) is 0 Å². The Kier molecular flexibility index (Phi) is 3.23. The molecule has 1 aromatic heterocycles. The zero-order chi connectivity index (χ0) is 12.2. The molecule has 0 spiro atoms. The molecule has 0 saturated carbocycles. The highest BCUT2D eigenvalue weighted by Crippen LogP contribution is 2.19. The van der Waals surface area contributed by atoms with Gasteiger partial charge in [-0.05, 0) is 31.5 Å². The van der Waals surface area contributed by atoms with E-state index >= 15 is 0 Å². The number of benzene rings is 1. The summed E-state index contributed by atoms with van der Waals surface area (Å²) in [6, 6.07) is 8.74. The Balaban J connectivity index is 1.75. The third-order valence-corrected chi connectivity index (χ3v) is 3.27. The minimum Gasteiger partial charge on any atom is -0.382 e. The molecule has 0 aliphatic carbocycles. The van der Waals surface area contributed by atoms with Crippen molar-refractivity contribution in [1.29, 1.82) is 0 Å². The van der Waals surface area contributed by atoms with Crippen molar-refractivity contribution in [3.05, 3.63) is 36.7 Å². The normalized spacial score (nSPS) is 19.0.